The number of aromatic nitrogens is 1. The first kappa shape index (κ1) is 15.5. The number of ether oxygens (including phenoxy) is 1. The molecule has 1 N–H and O–H groups in total. The van der Waals surface area contributed by atoms with Gasteiger partial charge in [-0.05, 0) is 24.1 Å². The Hall–Kier alpha value is -2.40. The van der Waals surface area contributed by atoms with E-state index in [0.29, 0.717) is 32.0 Å². The molecular formula is C18H21N3O2. The van der Waals surface area contributed by atoms with Crippen LogP contribution in [-0.4, -0.2) is 48.6 Å². The van der Waals surface area contributed by atoms with Crippen molar-refractivity contribution in [3.63, 3.8) is 0 Å². The molecule has 0 saturated carbocycles. The van der Waals surface area contributed by atoms with Crippen LogP contribution >= 0.6 is 0 Å². The summed E-state index contributed by atoms with van der Waals surface area (Å²) in [5.41, 5.74) is 2.70. The number of rotatable bonds is 5. The number of carbonyl (C=O) groups excluding carboxylic acids is 1. The summed E-state index contributed by atoms with van der Waals surface area (Å²) in [5, 5.41) is 3.36. The predicted molar refractivity (Wildman–Crippen MR) is 89.6 cm³/mol. The van der Waals surface area contributed by atoms with Gasteiger partial charge in [-0.1, -0.05) is 30.3 Å². The third-order valence-electron chi connectivity index (χ3n) is 3.86. The normalized spacial score (nSPS) is 14.5. The van der Waals surface area contributed by atoms with Gasteiger partial charge in [0.05, 0.1) is 13.2 Å². The van der Waals surface area contributed by atoms with E-state index in [9.17, 15) is 4.79 Å². The van der Waals surface area contributed by atoms with Crippen molar-refractivity contribution in [3.8, 4) is 0 Å². The van der Waals surface area contributed by atoms with E-state index in [0.717, 1.165) is 18.7 Å². The smallest absolute Gasteiger partial charge is 0.272 e. The van der Waals surface area contributed by atoms with Crippen molar-refractivity contribution >= 4 is 11.6 Å². The molecule has 1 saturated heterocycles. The van der Waals surface area contributed by atoms with Gasteiger partial charge in [0.2, 0.25) is 0 Å². The summed E-state index contributed by atoms with van der Waals surface area (Å²) in [4.78, 5) is 18.4. The number of pyridine rings is 1. The monoisotopic (exact) mass is 311 g/mol. The van der Waals surface area contributed by atoms with Crippen molar-refractivity contribution in [1.29, 1.82) is 0 Å². The second kappa shape index (κ2) is 7.74. The number of carbonyl (C=O) groups is 1. The Morgan fingerprint density at radius 3 is 2.74 bits per heavy atom. The van der Waals surface area contributed by atoms with Gasteiger partial charge < -0.3 is 15.0 Å². The number of nitrogens with one attached hydrogen (secondary N) is 1. The molecule has 5 nitrogen and oxygen atoms in total. The lowest BCUT2D eigenvalue weighted by Gasteiger charge is -2.26. The molecular weight excluding hydrogens is 290 g/mol. The van der Waals surface area contributed by atoms with Gasteiger partial charge in [0.15, 0.2) is 0 Å². The average Bonchev–Trinajstić information content (AvgIpc) is 2.63. The lowest BCUT2D eigenvalue weighted by molar-refractivity contribution is 0.0299. The Bertz CT molecular complexity index is 640. The fraction of sp³-hybridized carbons (Fsp3) is 0.333. The molecule has 3 rings (SSSR count). The van der Waals surface area contributed by atoms with Gasteiger partial charge in [-0.2, -0.15) is 0 Å². The van der Waals surface area contributed by atoms with Crippen molar-refractivity contribution in [2.24, 2.45) is 0 Å². The number of morpholine rings is 1. The molecule has 1 amide bonds. The van der Waals surface area contributed by atoms with Crippen LogP contribution in [-0.2, 0) is 11.2 Å². The highest BCUT2D eigenvalue weighted by atomic mass is 16.5. The van der Waals surface area contributed by atoms with Crippen molar-refractivity contribution in [1.82, 2.24) is 9.88 Å². The van der Waals surface area contributed by atoms with Gasteiger partial charge in [0.25, 0.3) is 5.91 Å². The Morgan fingerprint density at radius 1 is 1.17 bits per heavy atom. The Kier molecular flexibility index (Phi) is 5.21. The first-order valence-electron chi connectivity index (χ1n) is 7.94. The van der Waals surface area contributed by atoms with Crippen molar-refractivity contribution in [3.05, 3.63) is 59.9 Å². The fourth-order valence-electron chi connectivity index (χ4n) is 2.58. The van der Waals surface area contributed by atoms with Gasteiger partial charge in [-0.25, -0.2) is 0 Å². The predicted octanol–water partition coefficient (Wildman–Crippen LogP) is 2.21. The number of hydrogen-bond acceptors (Lipinski definition) is 4. The SMILES string of the molecule is O=C(c1cc(NCCc2ccccc2)ccn1)N1CCOCC1. The number of nitrogens with zero attached hydrogens (tertiary/aromatic N) is 2. The highest BCUT2D eigenvalue weighted by Crippen LogP contribution is 2.11. The van der Waals surface area contributed by atoms with E-state index < -0.39 is 0 Å². The zero-order valence-electron chi connectivity index (χ0n) is 13.1. The van der Waals surface area contributed by atoms with Crippen LogP contribution in [0.4, 0.5) is 5.69 Å². The first-order valence-corrected chi connectivity index (χ1v) is 7.94. The van der Waals surface area contributed by atoms with Crippen molar-refractivity contribution < 1.29 is 9.53 Å². The van der Waals surface area contributed by atoms with Crippen molar-refractivity contribution in [2.45, 2.75) is 6.42 Å². The largest absolute Gasteiger partial charge is 0.385 e. The lowest BCUT2D eigenvalue weighted by Crippen LogP contribution is -2.41. The summed E-state index contributed by atoms with van der Waals surface area (Å²) in [5.74, 6) is -0.0278. The van der Waals surface area contributed by atoms with Gasteiger partial charge in [0, 0.05) is 31.5 Å². The number of benzene rings is 1. The topological polar surface area (TPSA) is 54.5 Å². The maximum Gasteiger partial charge on any atom is 0.272 e. The maximum atomic E-state index is 12.4. The maximum absolute atomic E-state index is 12.4. The van der Waals surface area contributed by atoms with Crippen LogP contribution in [0.25, 0.3) is 0 Å². The van der Waals surface area contributed by atoms with Gasteiger partial charge in [-0.15, -0.1) is 0 Å². The molecule has 0 bridgehead atoms. The van der Waals surface area contributed by atoms with Crippen molar-refractivity contribution in [2.75, 3.05) is 38.2 Å². The molecule has 5 heteroatoms. The van der Waals surface area contributed by atoms with E-state index in [-0.39, 0.29) is 5.91 Å². The van der Waals surface area contributed by atoms with Crippen LogP contribution in [0, 0.1) is 0 Å². The summed E-state index contributed by atoms with van der Waals surface area (Å²) < 4.78 is 5.28. The van der Waals surface area contributed by atoms with E-state index in [1.54, 1.807) is 11.1 Å². The van der Waals surface area contributed by atoms with Gasteiger partial charge >= 0.3 is 0 Å². The molecule has 0 aliphatic carbocycles. The third kappa shape index (κ3) is 4.29. The number of hydrogen-bond donors (Lipinski definition) is 1. The molecule has 1 aliphatic heterocycles. The second-order valence-corrected chi connectivity index (χ2v) is 5.50. The molecule has 2 aromatic rings. The van der Waals surface area contributed by atoms with E-state index in [1.165, 1.54) is 5.56 Å². The molecule has 0 spiro atoms. The van der Waals surface area contributed by atoms with Crippen LogP contribution in [0.15, 0.2) is 48.7 Å². The highest BCUT2D eigenvalue weighted by molar-refractivity contribution is 5.93. The molecule has 1 fully saturated rings. The van der Waals surface area contributed by atoms with E-state index in [2.05, 4.69) is 22.4 Å². The van der Waals surface area contributed by atoms with Crippen LogP contribution < -0.4 is 5.32 Å². The molecule has 120 valence electrons. The molecule has 0 unspecified atom stereocenters. The standard InChI is InChI=1S/C18H21N3O2/c22-18(21-10-12-23-13-11-21)17-14-16(7-9-20-17)19-8-6-15-4-2-1-3-5-15/h1-5,7,9,14H,6,8,10-13H2,(H,19,20). The first-order chi connectivity index (χ1) is 11.3. The van der Waals surface area contributed by atoms with Crippen LogP contribution in [0.3, 0.4) is 0 Å². The summed E-state index contributed by atoms with van der Waals surface area (Å²) in [6.45, 7) is 3.28. The summed E-state index contributed by atoms with van der Waals surface area (Å²) >= 11 is 0. The molecule has 0 atom stereocenters. The van der Waals surface area contributed by atoms with Gasteiger partial charge in [-0.3, -0.25) is 9.78 Å². The minimum absolute atomic E-state index is 0.0278. The fourth-order valence-corrected chi connectivity index (χ4v) is 2.58. The quantitative estimate of drug-likeness (QED) is 0.920. The second-order valence-electron chi connectivity index (χ2n) is 5.50. The Labute approximate surface area is 136 Å². The molecule has 2 heterocycles. The summed E-state index contributed by atoms with van der Waals surface area (Å²) in [6.07, 6.45) is 2.62. The minimum atomic E-state index is -0.0278. The Balaban J connectivity index is 1.57. The number of anilines is 1. The summed E-state index contributed by atoms with van der Waals surface area (Å²) in [6, 6.07) is 14.0. The zero-order valence-corrected chi connectivity index (χ0v) is 13.1. The van der Waals surface area contributed by atoms with E-state index in [4.69, 9.17) is 4.74 Å². The molecule has 1 aromatic heterocycles. The Morgan fingerprint density at radius 2 is 1.96 bits per heavy atom. The van der Waals surface area contributed by atoms with Crippen LogP contribution in [0.2, 0.25) is 0 Å². The molecule has 23 heavy (non-hydrogen) atoms. The molecule has 1 aromatic carbocycles. The highest BCUT2D eigenvalue weighted by Gasteiger charge is 2.19. The molecule has 1 aliphatic rings. The van der Waals surface area contributed by atoms with Crippen LogP contribution in [0.5, 0.6) is 0 Å². The van der Waals surface area contributed by atoms with E-state index >= 15 is 0 Å². The average molecular weight is 311 g/mol. The lowest BCUT2D eigenvalue weighted by atomic mass is 10.1. The summed E-state index contributed by atoms with van der Waals surface area (Å²) in [7, 11) is 0. The van der Waals surface area contributed by atoms with E-state index in [1.807, 2.05) is 30.3 Å². The minimum Gasteiger partial charge on any atom is -0.385 e. The molecule has 0 radical (unpaired) electrons. The van der Waals surface area contributed by atoms with Crippen LogP contribution in [0.1, 0.15) is 16.1 Å². The zero-order chi connectivity index (χ0) is 15.9. The third-order valence-corrected chi connectivity index (χ3v) is 3.86. The number of amides is 1. The van der Waals surface area contributed by atoms with Gasteiger partial charge in [0.1, 0.15) is 5.69 Å².